The van der Waals surface area contributed by atoms with Crippen LogP contribution in [-0.4, -0.2) is 50.5 Å². The molecule has 1 heterocycles. The van der Waals surface area contributed by atoms with Crippen molar-refractivity contribution in [3.63, 3.8) is 0 Å². The summed E-state index contributed by atoms with van der Waals surface area (Å²) in [6, 6.07) is 3.70. The molecule has 0 aromatic heterocycles. The summed E-state index contributed by atoms with van der Waals surface area (Å²) in [7, 11) is 0. The lowest BCUT2D eigenvalue weighted by Crippen LogP contribution is -2.48. The molecule has 1 amide bonds. The maximum atomic E-state index is 12.6. The number of fused-ring (bicyclic) bond motifs is 1. The van der Waals surface area contributed by atoms with Gasteiger partial charge in [-0.15, -0.1) is 0 Å². The maximum Gasteiger partial charge on any atom is 0.335 e. The average Bonchev–Trinajstić information content (AvgIpc) is 2.82. The van der Waals surface area contributed by atoms with E-state index in [9.17, 15) is 19.8 Å². The smallest absolute Gasteiger partial charge is 0.335 e. The average molecular weight is 350 g/mol. The Morgan fingerprint density at radius 1 is 1.28 bits per heavy atom. The second kappa shape index (κ2) is 7.11. The highest BCUT2D eigenvalue weighted by atomic mass is 16.4. The van der Waals surface area contributed by atoms with Crippen molar-refractivity contribution in [2.24, 2.45) is 11.1 Å². The minimum atomic E-state index is -1.25. The molecule has 1 aromatic carbocycles. The van der Waals surface area contributed by atoms with Crippen molar-refractivity contribution < 1.29 is 24.9 Å². The van der Waals surface area contributed by atoms with Gasteiger partial charge in [0.15, 0.2) is 0 Å². The van der Waals surface area contributed by atoms with Gasteiger partial charge in [0.05, 0.1) is 17.7 Å². The fraction of sp³-hybridized carbons (Fsp3) is 0.556. The van der Waals surface area contributed by atoms with E-state index in [-0.39, 0.29) is 23.4 Å². The number of aromatic carboxylic acids is 1. The lowest BCUT2D eigenvalue weighted by molar-refractivity contribution is 0.0157. The maximum absolute atomic E-state index is 12.6. The van der Waals surface area contributed by atoms with E-state index < -0.39 is 24.3 Å². The van der Waals surface area contributed by atoms with Crippen LogP contribution in [0, 0.1) is 5.41 Å². The number of carboxylic acid groups (broad SMARTS) is 1. The van der Waals surface area contributed by atoms with Crippen LogP contribution in [0.25, 0.3) is 0 Å². The van der Waals surface area contributed by atoms with Crippen LogP contribution in [-0.2, 0) is 6.54 Å². The Kier molecular flexibility index (Phi) is 5.51. The molecule has 0 unspecified atom stereocenters. The van der Waals surface area contributed by atoms with Gasteiger partial charge in [0.25, 0.3) is 5.91 Å². The molecule has 25 heavy (non-hydrogen) atoms. The Morgan fingerprint density at radius 3 is 2.44 bits per heavy atom. The summed E-state index contributed by atoms with van der Waals surface area (Å²) >= 11 is 0. The molecule has 2 rings (SSSR count). The molecule has 0 spiro atoms. The second-order valence-electron chi connectivity index (χ2n) is 7.63. The predicted octanol–water partition coefficient (Wildman–Crippen LogP) is 1.17. The normalized spacial score (nSPS) is 18.0. The van der Waals surface area contributed by atoms with Gasteiger partial charge >= 0.3 is 5.97 Å². The third-order valence-corrected chi connectivity index (χ3v) is 4.71. The first-order valence-electron chi connectivity index (χ1n) is 8.31. The van der Waals surface area contributed by atoms with Crippen LogP contribution in [0.3, 0.4) is 0 Å². The third-order valence-electron chi connectivity index (χ3n) is 4.71. The number of rotatable bonds is 6. The molecule has 138 valence electrons. The van der Waals surface area contributed by atoms with E-state index in [0.29, 0.717) is 24.0 Å². The summed E-state index contributed by atoms with van der Waals surface area (Å²) in [5.74, 6) is -1.34. The van der Waals surface area contributed by atoms with Crippen LogP contribution < -0.4 is 5.73 Å². The molecular formula is C18H26N2O5. The summed E-state index contributed by atoms with van der Waals surface area (Å²) in [4.78, 5) is 25.2. The molecule has 3 atom stereocenters. The number of carbonyl (C=O) groups excluding carboxylic acids is 1. The molecule has 0 bridgehead atoms. The second-order valence-corrected chi connectivity index (χ2v) is 7.63. The number of carboxylic acids is 1. The molecule has 0 aliphatic carbocycles. The minimum absolute atomic E-state index is 0.112. The summed E-state index contributed by atoms with van der Waals surface area (Å²) in [5.41, 5.74) is 6.51. The van der Waals surface area contributed by atoms with Crippen molar-refractivity contribution in [1.29, 1.82) is 0 Å². The van der Waals surface area contributed by atoms with Crippen LogP contribution in [0.15, 0.2) is 18.2 Å². The van der Waals surface area contributed by atoms with Gasteiger partial charge < -0.3 is 26.0 Å². The van der Waals surface area contributed by atoms with Crippen LogP contribution in [0.5, 0.6) is 0 Å². The van der Waals surface area contributed by atoms with Gasteiger partial charge in [-0.2, -0.15) is 0 Å². The van der Waals surface area contributed by atoms with Gasteiger partial charge in [-0.1, -0.05) is 20.8 Å². The Morgan fingerprint density at radius 2 is 1.92 bits per heavy atom. The van der Waals surface area contributed by atoms with Gasteiger partial charge in [0, 0.05) is 12.1 Å². The third kappa shape index (κ3) is 4.18. The first kappa shape index (κ1) is 19.4. The van der Waals surface area contributed by atoms with E-state index in [1.807, 2.05) is 20.8 Å². The quantitative estimate of drug-likeness (QED) is 0.571. The molecule has 1 aliphatic rings. The van der Waals surface area contributed by atoms with E-state index in [0.717, 1.165) is 0 Å². The van der Waals surface area contributed by atoms with E-state index >= 15 is 0 Å². The number of nitrogens with two attached hydrogens (primary N) is 1. The fourth-order valence-electron chi connectivity index (χ4n) is 3.02. The SMILES string of the molecule is CC(C)(C)[C@@H](O)CC[C@@H]([C@@H](N)O)N1Cc2cc(C(=O)O)ccc2C1=O. The van der Waals surface area contributed by atoms with E-state index in [4.69, 9.17) is 10.8 Å². The predicted molar refractivity (Wildman–Crippen MR) is 92.0 cm³/mol. The molecule has 0 saturated carbocycles. The molecule has 7 nitrogen and oxygen atoms in total. The molecular weight excluding hydrogens is 324 g/mol. The molecule has 1 aromatic rings. The van der Waals surface area contributed by atoms with Crippen molar-refractivity contribution in [3.8, 4) is 0 Å². The zero-order valence-corrected chi connectivity index (χ0v) is 14.8. The van der Waals surface area contributed by atoms with Gasteiger partial charge in [0.1, 0.15) is 6.23 Å². The summed E-state index contributed by atoms with van der Waals surface area (Å²) in [5, 5.41) is 29.2. The van der Waals surface area contributed by atoms with Crippen LogP contribution in [0.2, 0.25) is 0 Å². The van der Waals surface area contributed by atoms with Gasteiger partial charge in [-0.25, -0.2) is 4.79 Å². The van der Waals surface area contributed by atoms with Crippen LogP contribution in [0.4, 0.5) is 0 Å². The summed E-state index contributed by atoms with van der Waals surface area (Å²) < 4.78 is 0. The topological polar surface area (TPSA) is 124 Å². The van der Waals surface area contributed by atoms with E-state index in [1.54, 1.807) is 0 Å². The summed E-state index contributed by atoms with van der Waals surface area (Å²) in [6.07, 6.45) is -1.10. The zero-order valence-electron chi connectivity index (χ0n) is 14.8. The number of aliphatic hydroxyl groups excluding tert-OH is 2. The number of hydrogen-bond donors (Lipinski definition) is 4. The number of benzene rings is 1. The standard InChI is InChI=1S/C18H26N2O5/c1-18(2,3)14(21)7-6-13(15(19)22)20-9-11-8-10(17(24)25)4-5-12(11)16(20)23/h4-5,8,13-15,21-22H,6-7,9,19H2,1-3H3,(H,24,25)/t13-,14-,15-/m0/s1. The summed E-state index contributed by atoms with van der Waals surface area (Å²) in [6.45, 7) is 5.93. The van der Waals surface area contributed by atoms with Crippen molar-refractivity contribution >= 4 is 11.9 Å². The number of amides is 1. The Hall–Kier alpha value is -1.96. The molecule has 1 aliphatic heterocycles. The highest BCUT2D eigenvalue weighted by molar-refractivity contribution is 6.00. The van der Waals surface area contributed by atoms with Gasteiger partial charge in [-0.05, 0) is 42.0 Å². The highest BCUT2D eigenvalue weighted by Crippen LogP contribution is 2.30. The van der Waals surface area contributed by atoms with Crippen molar-refractivity contribution in [2.45, 2.75) is 58.5 Å². The first-order chi connectivity index (χ1) is 11.5. The number of nitrogens with zero attached hydrogens (tertiary/aromatic N) is 1. The monoisotopic (exact) mass is 350 g/mol. The minimum Gasteiger partial charge on any atom is -0.478 e. The first-order valence-corrected chi connectivity index (χ1v) is 8.31. The molecule has 0 saturated heterocycles. The lowest BCUT2D eigenvalue weighted by Gasteiger charge is -2.32. The zero-order chi connectivity index (χ0) is 18.9. The van der Waals surface area contributed by atoms with Crippen molar-refractivity contribution in [2.75, 3.05) is 0 Å². The fourth-order valence-corrected chi connectivity index (χ4v) is 3.02. The number of aliphatic hydroxyl groups is 2. The highest BCUT2D eigenvalue weighted by Gasteiger charge is 2.36. The largest absolute Gasteiger partial charge is 0.478 e. The molecule has 0 fully saturated rings. The lowest BCUT2D eigenvalue weighted by atomic mass is 9.85. The molecule has 7 heteroatoms. The number of hydrogen-bond acceptors (Lipinski definition) is 5. The van der Waals surface area contributed by atoms with Crippen molar-refractivity contribution in [3.05, 3.63) is 34.9 Å². The Bertz CT molecular complexity index is 666. The number of carbonyl (C=O) groups is 2. The van der Waals surface area contributed by atoms with Crippen molar-refractivity contribution in [1.82, 2.24) is 4.90 Å². The van der Waals surface area contributed by atoms with Gasteiger partial charge in [0.2, 0.25) is 0 Å². The van der Waals surface area contributed by atoms with E-state index in [1.165, 1.54) is 23.1 Å². The van der Waals surface area contributed by atoms with Crippen LogP contribution in [0.1, 0.15) is 59.9 Å². The molecule has 0 radical (unpaired) electrons. The molecule has 5 N–H and O–H groups in total. The van der Waals surface area contributed by atoms with Gasteiger partial charge in [-0.3, -0.25) is 4.79 Å². The Labute approximate surface area is 147 Å². The van der Waals surface area contributed by atoms with E-state index in [2.05, 4.69) is 0 Å². The Balaban J connectivity index is 2.17. The van der Waals surface area contributed by atoms with Crippen LogP contribution >= 0.6 is 0 Å².